The van der Waals surface area contributed by atoms with E-state index < -0.39 is 0 Å². The van der Waals surface area contributed by atoms with E-state index in [0.29, 0.717) is 18.3 Å². The zero-order valence-electron chi connectivity index (χ0n) is 10.5. The molecule has 0 N–H and O–H groups in total. The first kappa shape index (κ1) is 12.1. The largest absolute Gasteiger partial charge is 0.389 e. The van der Waals surface area contributed by atoms with Gasteiger partial charge in [-0.25, -0.2) is 4.98 Å². The number of aromatic nitrogens is 4. The lowest BCUT2D eigenvalue weighted by Crippen LogP contribution is -2.14. The minimum Gasteiger partial charge on any atom is -0.389 e. The van der Waals surface area contributed by atoms with Crippen LogP contribution in [0.1, 0.15) is 11.4 Å². The lowest BCUT2D eigenvalue weighted by atomic mass is 10.2. The van der Waals surface area contributed by atoms with Crippen LogP contribution < -0.4 is 0 Å². The third-order valence-corrected chi connectivity index (χ3v) is 2.54. The van der Waals surface area contributed by atoms with Crippen LogP contribution in [0.5, 0.6) is 0 Å². The monoisotopic (exact) mass is 269 g/mol. The average Bonchev–Trinajstić information content (AvgIpc) is 3.18. The Morgan fingerprint density at radius 3 is 2.90 bits per heavy atom. The van der Waals surface area contributed by atoms with Gasteiger partial charge in [-0.05, 0) is 5.56 Å². The van der Waals surface area contributed by atoms with Gasteiger partial charge >= 0.3 is 0 Å². The first-order valence-corrected chi connectivity index (χ1v) is 5.92. The number of nitrogens with zero attached hydrogens (tertiary/aromatic N) is 5. The second-order valence-electron chi connectivity index (χ2n) is 3.90. The van der Waals surface area contributed by atoms with Crippen LogP contribution in [0.4, 0.5) is 0 Å². The van der Waals surface area contributed by atoms with Gasteiger partial charge < -0.3 is 9.36 Å². The summed E-state index contributed by atoms with van der Waals surface area (Å²) in [6.45, 7) is 0.358. The number of benzene rings is 1. The number of imidazole rings is 1. The topological polar surface area (TPSA) is 78.3 Å². The average molecular weight is 269 g/mol. The fourth-order valence-corrected chi connectivity index (χ4v) is 1.60. The molecule has 20 heavy (non-hydrogen) atoms. The Labute approximate surface area is 114 Å². The van der Waals surface area contributed by atoms with E-state index in [9.17, 15) is 0 Å². The molecule has 1 aromatic carbocycles. The van der Waals surface area contributed by atoms with Crippen LogP contribution in [0.15, 0.2) is 65.1 Å². The maximum atomic E-state index is 5.35. The highest BCUT2D eigenvalue weighted by Crippen LogP contribution is 2.03. The summed E-state index contributed by atoms with van der Waals surface area (Å²) in [5, 5.41) is 7.81. The molecule has 0 atom stereocenters. The molecule has 7 heteroatoms. The van der Waals surface area contributed by atoms with Crippen molar-refractivity contribution in [3.63, 3.8) is 0 Å². The fourth-order valence-electron chi connectivity index (χ4n) is 1.60. The van der Waals surface area contributed by atoms with Gasteiger partial charge in [0.25, 0.3) is 0 Å². The van der Waals surface area contributed by atoms with Crippen LogP contribution in [0.2, 0.25) is 0 Å². The molecule has 2 aromatic heterocycles. The second-order valence-corrected chi connectivity index (χ2v) is 3.90. The fraction of sp³-hybridized carbons (Fsp3) is 0.0769. The molecular formula is C13H11N5O2. The van der Waals surface area contributed by atoms with Crippen molar-refractivity contribution in [3.8, 4) is 0 Å². The molecule has 3 aromatic rings. The summed E-state index contributed by atoms with van der Waals surface area (Å²) >= 11 is 0. The summed E-state index contributed by atoms with van der Waals surface area (Å²) in [6.07, 6.45) is 6.17. The zero-order chi connectivity index (χ0) is 13.6. The highest BCUT2D eigenvalue weighted by Gasteiger charge is 2.12. The van der Waals surface area contributed by atoms with Crippen LogP contribution in [0, 0.1) is 0 Å². The molecule has 100 valence electrons. The molecule has 0 aliphatic rings. The summed E-state index contributed by atoms with van der Waals surface area (Å²) in [6, 6.07) is 9.75. The molecule has 7 nitrogen and oxygen atoms in total. The Kier molecular flexibility index (Phi) is 3.50. The van der Waals surface area contributed by atoms with Crippen LogP contribution in [0.25, 0.3) is 0 Å². The molecule has 0 amide bonds. The maximum absolute atomic E-state index is 5.35. The van der Waals surface area contributed by atoms with Gasteiger partial charge in [-0.1, -0.05) is 40.6 Å². The normalized spacial score (nSPS) is 11.5. The maximum Gasteiger partial charge on any atom is 0.242 e. The summed E-state index contributed by atoms with van der Waals surface area (Å²) < 4.78 is 6.38. The van der Waals surface area contributed by atoms with Crippen molar-refractivity contribution in [2.75, 3.05) is 0 Å². The van der Waals surface area contributed by atoms with Gasteiger partial charge in [0.2, 0.25) is 18.1 Å². The minimum atomic E-state index is 0.330. The van der Waals surface area contributed by atoms with Crippen LogP contribution in [0.3, 0.4) is 0 Å². The summed E-state index contributed by atoms with van der Waals surface area (Å²) in [5.74, 6) is 0.739. The summed E-state index contributed by atoms with van der Waals surface area (Å²) in [4.78, 5) is 13.3. The van der Waals surface area contributed by atoms with E-state index in [2.05, 4.69) is 20.3 Å². The third-order valence-electron chi connectivity index (χ3n) is 2.54. The van der Waals surface area contributed by atoms with Crippen molar-refractivity contribution in [3.05, 3.63) is 66.8 Å². The number of hydrogen-bond donors (Lipinski definition) is 0. The quantitative estimate of drug-likeness (QED) is 0.409. The lowest BCUT2D eigenvalue weighted by molar-refractivity contribution is 0.129. The van der Waals surface area contributed by atoms with Crippen molar-refractivity contribution in [1.82, 2.24) is 19.7 Å². The van der Waals surface area contributed by atoms with E-state index in [1.54, 1.807) is 23.3 Å². The highest BCUT2D eigenvalue weighted by atomic mass is 16.6. The third kappa shape index (κ3) is 2.72. The van der Waals surface area contributed by atoms with Crippen LogP contribution in [-0.2, 0) is 11.4 Å². The Morgan fingerprint density at radius 1 is 1.30 bits per heavy atom. The molecule has 0 saturated heterocycles. The SMILES string of the molecule is c1ccc(CON=C(c2ncon2)n2ccnc2)cc1. The second kappa shape index (κ2) is 5.79. The Morgan fingerprint density at radius 2 is 2.20 bits per heavy atom. The van der Waals surface area contributed by atoms with Crippen molar-refractivity contribution < 1.29 is 9.36 Å². The number of rotatable bonds is 4. The Hall–Kier alpha value is -2.96. The van der Waals surface area contributed by atoms with Gasteiger partial charge in [-0.3, -0.25) is 4.57 Å². The molecule has 0 radical (unpaired) electrons. The summed E-state index contributed by atoms with van der Waals surface area (Å²) in [5.41, 5.74) is 1.02. The smallest absolute Gasteiger partial charge is 0.242 e. The van der Waals surface area contributed by atoms with Gasteiger partial charge in [-0.2, -0.15) is 4.98 Å². The molecule has 0 spiro atoms. The van der Waals surface area contributed by atoms with Gasteiger partial charge in [0.15, 0.2) is 0 Å². The predicted octanol–water partition coefficient (Wildman–Crippen LogP) is 1.69. The molecule has 0 bridgehead atoms. The van der Waals surface area contributed by atoms with E-state index in [0.717, 1.165) is 5.56 Å². The predicted molar refractivity (Wildman–Crippen MR) is 69.7 cm³/mol. The molecule has 0 saturated carbocycles. The van der Waals surface area contributed by atoms with Crippen LogP contribution in [-0.4, -0.2) is 25.5 Å². The number of oxime groups is 1. The molecule has 0 aliphatic heterocycles. The van der Waals surface area contributed by atoms with Crippen molar-refractivity contribution in [2.24, 2.45) is 5.16 Å². The Balaban J connectivity index is 1.78. The van der Waals surface area contributed by atoms with E-state index >= 15 is 0 Å². The van der Waals surface area contributed by atoms with E-state index in [1.165, 1.54) is 6.39 Å². The summed E-state index contributed by atoms with van der Waals surface area (Å²) in [7, 11) is 0. The lowest BCUT2D eigenvalue weighted by Gasteiger charge is -2.03. The van der Waals surface area contributed by atoms with Crippen molar-refractivity contribution in [1.29, 1.82) is 0 Å². The first-order chi connectivity index (χ1) is 9.93. The molecular weight excluding hydrogens is 258 g/mol. The van der Waals surface area contributed by atoms with Crippen molar-refractivity contribution >= 4 is 5.84 Å². The molecule has 2 heterocycles. The minimum absolute atomic E-state index is 0.330. The standard InChI is InChI=1S/C13H11N5O2/c1-2-4-11(5-3-1)8-19-17-13(12-15-10-20-16-12)18-7-6-14-9-18/h1-7,9-10H,8H2. The van der Waals surface area contributed by atoms with Crippen molar-refractivity contribution in [2.45, 2.75) is 6.61 Å². The molecule has 3 rings (SSSR count). The van der Waals surface area contributed by atoms with Gasteiger partial charge in [0, 0.05) is 12.4 Å². The van der Waals surface area contributed by atoms with Gasteiger partial charge in [-0.15, -0.1) is 0 Å². The number of hydrogen-bond acceptors (Lipinski definition) is 6. The van der Waals surface area contributed by atoms with Gasteiger partial charge in [0.1, 0.15) is 12.9 Å². The highest BCUT2D eigenvalue weighted by molar-refractivity contribution is 5.96. The first-order valence-electron chi connectivity index (χ1n) is 5.92. The molecule has 0 fully saturated rings. The molecule has 0 aliphatic carbocycles. The van der Waals surface area contributed by atoms with E-state index in [1.807, 2.05) is 30.3 Å². The van der Waals surface area contributed by atoms with Crippen LogP contribution >= 0.6 is 0 Å². The molecule has 0 unspecified atom stereocenters. The van der Waals surface area contributed by atoms with E-state index in [-0.39, 0.29) is 0 Å². The van der Waals surface area contributed by atoms with Gasteiger partial charge in [0.05, 0.1) is 0 Å². The zero-order valence-corrected chi connectivity index (χ0v) is 10.5. The van der Waals surface area contributed by atoms with E-state index in [4.69, 9.17) is 9.36 Å². The Bertz CT molecular complexity index is 626.